The van der Waals surface area contributed by atoms with Crippen molar-refractivity contribution in [3.63, 3.8) is 0 Å². The number of hydrogen-bond acceptors (Lipinski definition) is 5. The molecule has 2 rings (SSSR count). The molecule has 1 fully saturated rings. The van der Waals surface area contributed by atoms with Gasteiger partial charge in [-0.25, -0.2) is 4.98 Å². The van der Waals surface area contributed by atoms with Gasteiger partial charge in [0.25, 0.3) is 5.91 Å². The van der Waals surface area contributed by atoms with Crippen LogP contribution >= 0.6 is 0 Å². The first kappa shape index (κ1) is 16.7. The summed E-state index contributed by atoms with van der Waals surface area (Å²) in [6.07, 6.45) is 2.67. The average molecular weight is 306 g/mol. The Kier molecular flexibility index (Phi) is 6.15. The van der Waals surface area contributed by atoms with Crippen LogP contribution in [0.1, 0.15) is 30.6 Å². The molecule has 0 saturated carbocycles. The summed E-state index contributed by atoms with van der Waals surface area (Å²) in [7, 11) is 2.10. The van der Waals surface area contributed by atoms with Gasteiger partial charge in [-0.15, -0.1) is 0 Å². The number of pyridine rings is 1. The smallest absolute Gasteiger partial charge is 0.252 e. The fraction of sp³-hybridized carbons (Fsp3) is 0.625. The van der Waals surface area contributed by atoms with Crippen LogP contribution in [0.5, 0.6) is 0 Å². The van der Waals surface area contributed by atoms with Gasteiger partial charge in [0, 0.05) is 25.8 Å². The van der Waals surface area contributed by atoms with Crippen LogP contribution in [0.25, 0.3) is 0 Å². The molecule has 1 aliphatic rings. The Morgan fingerprint density at radius 3 is 3.00 bits per heavy atom. The minimum Gasteiger partial charge on any atom is -0.373 e. The third kappa shape index (κ3) is 4.68. The summed E-state index contributed by atoms with van der Waals surface area (Å²) in [5.74, 6) is 0.683. The first-order valence-electron chi connectivity index (χ1n) is 7.91. The molecule has 122 valence electrons. The van der Waals surface area contributed by atoms with Crippen LogP contribution in [0.4, 0.5) is 5.82 Å². The zero-order valence-electron chi connectivity index (χ0n) is 13.6. The first-order valence-corrected chi connectivity index (χ1v) is 7.91. The van der Waals surface area contributed by atoms with E-state index in [2.05, 4.69) is 34.5 Å². The number of likely N-dealkylation sites (N-methyl/N-ethyl adjacent to an activating group) is 1. The van der Waals surface area contributed by atoms with Crippen molar-refractivity contribution in [1.29, 1.82) is 0 Å². The molecule has 6 nitrogen and oxygen atoms in total. The van der Waals surface area contributed by atoms with Gasteiger partial charge in [-0.2, -0.15) is 0 Å². The van der Waals surface area contributed by atoms with E-state index in [1.165, 1.54) is 0 Å². The normalized spacial score (nSPS) is 20.4. The van der Waals surface area contributed by atoms with Gasteiger partial charge in [0.1, 0.15) is 5.82 Å². The van der Waals surface area contributed by atoms with E-state index in [1.807, 2.05) is 13.0 Å². The number of amides is 1. The van der Waals surface area contributed by atoms with Crippen LogP contribution in [0.2, 0.25) is 0 Å². The molecule has 2 atom stereocenters. The van der Waals surface area contributed by atoms with Gasteiger partial charge in [0.05, 0.1) is 24.3 Å². The molecule has 1 aromatic rings. The van der Waals surface area contributed by atoms with Crippen LogP contribution in [-0.2, 0) is 4.74 Å². The summed E-state index contributed by atoms with van der Waals surface area (Å²) in [5, 5.41) is 6.19. The van der Waals surface area contributed by atoms with Crippen LogP contribution < -0.4 is 10.6 Å². The van der Waals surface area contributed by atoms with Crippen molar-refractivity contribution in [3.8, 4) is 0 Å². The third-order valence-corrected chi connectivity index (χ3v) is 3.79. The largest absolute Gasteiger partial charge is 0.373 e. The van der Waals surface area contributed by atoms with E-state index >= 15 is 0 Å². The predicted octanol–water partition coefficient (Wildman–Crippen LogP) is 1.35. The van der Waals surface area contributed by atoms with Crippen molar-refractivity contribution in [2.24, 2.45) is 0 Å². The van der Waals surface area contributed by atoms with Gasteiger partial charge in [-0.3, -0.25) is 4.79 Å². The Hall–Kier alpha value is -1.66. The molecule has 0 aliphatic carbocycles. The van der Waals surface area contributed by atoms with Crippen molar-refractivity contribution in [2.45, 2.75) is 32.4 Å². The Morgan fingerprint density at radius 1 is 1.55 bits per heavy atom. The second-order valence-corrected chi connectivity index (χ2v) is 5.79. The molecule has 2 heterocycles. The number of rotatable bonds is 6. The fourth-order valence-corrected chi connectivity index (χ4v) is 2.39. The van der Waals surface area contributed by atoms with Gasteiger partial charge in [-0.05, 0) is 32.5 Å². The van der Waals surface area contributed by atoms with Gasteiger partial charge in [-0.1, -0.05) is 6.92 Å². The highest BCUT2D eigenvalue weighted by Crippen LogP contribution is 2.13. The van der Waals surface area contributed by atoms with Crippen molar-refractivity contribution in [1.82, 2.24) is 15.2 Å². The molecule has 0 aromatic carbocycles. The quantitative estimate of drug-likeness (QED) is 0.830. The summed E-state index contributed by atoms with van der Waals surface area (Å²) >= 11 is 0. The third-order valence-electron chi connectivity index (χ3n) is 3.79. The zero-order chi connectivity index (χ0) is 15.9. The number of morpholine rings is 1. The molecule has 0 spiro atoms. The van der Waals surface area contributed by atoms with E-state index in [0.717, 1.165) is 31.9 Å². The van der Waals surface area contributed by atoms with Gasteiger partial charge < -0.3 is 20.3 Å². The summed E-state index contributed by atoms with van der Waals surface area (Å²) in [6, 6.07) is 3.79. The number of hydrogen-bond donors (Lipinski definition) is 2. The van der Waals surface area contributed by atoms with Gasteiger partial charge in [0.2, 0.25) is 0 Å². The number of nitrogens with one attached hydrogen (secondary N) is 2. The van der Waals surface area contributed by atoms with Crippen molar-refractivity contribution in [2.75, 3.05) is 38.6 Å². The fourth-order valence-electron chi connectivity index (χ4n) is 2.39. The van der Waals surface area contributed by atoms with Crippen molar-refractivity contribution in [3.05, 3.63) is 23.9 Å². The zero-order valence-corrected chi connectivity index (χ0v) is 13.6. The van der Waals surface area contributed by atoms with E-state index < -0.39 is 0 Å². The monoisotopic (exact) mass is 306 g/mol. The van der Waals surface area contributed by atoms with E-state index in [1.54, 1.807) is 12.3 Å². The second kappa shape index (κ2) is 8.10. The SMILES string of the molecule is CCCNC(=O)c1ccc(NC(C)C2CN(C)CCO2)nc1. The van der Waals surface area contributed by atoms with Gasteiger partial charge >= 0.3 is 0 Å². The van der Waals surface area contributed by atoms with E-state index in [4.69, 9.17) is 4.74 Å². The van der Waals surface area contributed by atoms with Crippen LogP contribution in [0, 0.1) is 0 Å². The molecule has 0 bridgehead atoms. The summed E-state index contributed by atoms with van der Waals surface area (Å²) < 4.78 is 5.79. The number of aromatic nitrogens is 1. The molecule has 1 saturated heterocycles. The highest BCUT2D eigenvalue weighted by atomic mass is 16.5. The minimum absolute atomic E-state index is 0.0776. The lowest BCUT2D eigenvalue weighted by atomic mass is 10.1. The highest BCUT2D eigenvalue weighted by Gasteiger charge is 2.23. The van der Waals surface area contributed by atoms with Crippen LogP contribution in [-0.4, -0.2) is 61.2 Å². The molecular weight excluding hydrogens is 280 g/mol. The summed E-state index contributed by atoms with van der Waals surface area (Å²) in [4.78, 5) is 18.4. The Morgan fingerprint density at radius 2 is 2.36 bits per heavy atom. The summed E-state index contributed by atoms with van der Waals surface area (Å²) in [6.45, 7) is 7.44. The molecule has 22 heavy (non-hydrogen) atoms. The lowest BCUT2D eigenvalue weighted by Crippen LogP contribution is -2.47. The van der Waals surface area contributed by atoms with Crippen molar-refractivity contribution >= 4 is 11.7 Å². The molecule has 6 heteroatoms. The second-order valence-electron chi connectivity index (χ2n) is 5.79. The highest BCUT2D eigenvalue weighted by molar-refractivity contribution is 5.94. The maximum Gasteiger partial charge on any atom is 0.252 e. The lowest BCUT2D eigenvalue weighted by molar-refractivity contribution is -0.0259. The van der Waals surface area contributed by atoms with E-state index in [-0.39, 0.29) is 18.1 Å². The number of nitrogens with zero attached hydrogens (tertiary/aromatic N) is 2. The molecule has 1 amide bonds. The number of carbonyl (C=O) groups is 1. The Labute approximate surface area is 132 Å². The number of anilines is 1. The van der Waals surface area contributed by atoms with E-state index in [9.17, 15) is 4.79 Å². The molecule has 2 N–H and O–H groups in total. The molecule has 2 unspecified atom stereocenters. The van der Waals surface area contributed by atoms with Gasteiger partial charge in [0.15, 0.2) is 0 Å². The Bertz CT molecular complexity index is 478. The first-order chi connectivity index (χ1) is 10.6. The van der Waals surface area contributed by atoms with Crippen LogP contribution in [0.15, 0.2) is 18.3 Å². The minimum atomic E-state index is -0.0776. The molecule has 1 aromatic heterocycles. The number of ether oxygens (including phenoxy) is 1. The van der Waals surface area contributed by atoms with Crippen molar-refractivity contribution < 1.29 is 9.53 Å². The van der Waals surface area contributed by atoms with Crippen LogP contribution in [0.3, 0.4) is 0 Å². The maximum atomic E-state index is 11.8. The topological polar surface area (TPSA) is 66.5 Å². The standard InChI is InChI=1S/C16H26N4O2/c1-4-7-17-16(21)13-5-6-15(18-10-13)19-12(2)14-11-20(3)8-9-22-14/h5-6,10,12,14H,4,7-9,11H2,1-3H3,(H,17,21)(H,18,19). The molecule has 1 aliphatic heterocycles. The maximum absolute atomic E-state index is 11.8. The lowest BCUT2D eigenvalue weighted by Gasteiger charge is -2.34. The average Bonchev–Trinajstić information content (AvgIpc) is 2.53. The number of carbonyl (C=O) groups excluding carboxylic acids is 1. The molecule has 0 radical (unpaired) electrons. The molecular formula is C16H26N4O2. The van der Waals surface area contributed by atoms with E-state index in [0.29, 0.717) is 12.1 Å². The Balaban J connectivity index is 1.89. The predicted molar refractivity (Wildman–Crippen MR) is 87.2 cm³/mol. The summed E-state index contributed by atoms with van der Waals surface area (Å²) in [5.41, 5.74) is 0.584.